The van der Waals surface area contributed by atoms with Crippen molar-refractivity contribution in [2.75, 3.05) is 0 Å². The third-order valence-electron chi connectivity index (χ3n) is 3.18. The first kappa shape index (κ1) is 13.9. The number of nitrogens with zero attached hydrogens (tertiary/aromatic N) is 3. The predicted molar refractivity (Wildman–Crippen MR) is 76.3 cm³/mol. The van der Waals surface area contributed by atoms with Gasteiger partial charge < -0.3 is 0 Å². The molecule has 0 spiro atoms. The van der Waals surface area contributed by atoms with E-state index >= 15 is 0 Å². The molecule has 0 bridgehead atoms. The number of imidazole rings is 1. The lowest BCUT2D eigenvalue weighted by Crippen LogP contribution is -1.95. The van der Waals surface area contributed by atoms with E-state index in [-0.39, 0.29) is 0 Å². The van der Waals surface area contributed by atoms with Gasteiger partial charge in [0.1, 0.15) is 16.8 Å². The molecule has 0 amide bonds. The molecule has 21 heavy (non-hydrogen) atoms. The SMILES string of the molecule is Clc1cc(C2CC2)c2nccn2n1.Fc1ccc(F)cc1. The summed E-state index contributed by atoms with van der Waals surface area (Å²) in [6.07, 6.45) is 6.09. The number of hydrogen-bond acceptors (Lipinski definition) is 2. The minimum Gasteiger partial charge on any atom is -0.235 e. The van der Waals surface area contributed by atoms with Gasteiger partial charge in [0, 0.05) is 18.0 Å². The van der Waals surface area contributed by atoms with Crippen molar-refractivity contribution < 1.29 is 8.78 Å². The smallest absolute Gasteiger partial charge is 0.157 e. The summed E-state index contributed by atoms with van der Waals surface area (Å²) in [5.74, 6) is -0.164. The molecule has 2 aromatic heterocycles. The van der Waals surface area contributed by atoms with Gasteiger partial charge in [-0.15, -0.1) is 0 Å². The molecule has 0 atom stereocenters. The van der Waals surface area contributed by atoms with E-state index in [1.165, 1.54) is 18.4 Å². The fourth-order valence-electron chi connectivity index (χ4n) is 2.03. The first-order valence-electron chi connectivity index (χ1n) is 6.54. The third kappa shape index (κ3) is 3.36. The number of halogens is 3. The van der Waals surface area contributed by atoms with E-state index in [0.717, 1.165) is 29.9 Å². The summed E-state index contributed by atoms with van der Waals surface area (Å²) in [6, 6.07) is 6.25. The Morgan fingerprint density at radius 1 is 1.10 bits per heavy atom. The molecule has 3 aromatic rings. The molecule has 0 radical (unpaired) electrons. The van der Waals surface area contributed by atoms with Crippen LogP contribution in [0, 0.1) is 11.6 Å². The van der Waals surface area contributed by atoms with Gasteiger partial charge in [0.2, 0.25) is 0 Å². The topological polar surface area (TPSA) is 30.2 Å². The summed E-state index contributed by atoms with van der Waals surface area (Å²) in [7, 11) is 0. The largest absolute Gasteiger partial charge is 0.235 e. The van der Waals surface area contributed by atoms with Gasteiger partial charge in [0.25, 0.3) is 0 Å². The van der Waals surface area contributed by atoms with Crippen LogP contribution in [0.1, 0.15) is 24.3 Å². The first-order chi connectivity index (χ1) is 10.1. The zero-order chi connectivity index (χ0) is 14.8. The van der Waals surface area contributed by atoms with Crippen molar-refractivity contribution >= 4 is 17.2 Å². The van der Waals surface area contributed by atoms with Gasteiger partial charge in [-0.25, -0.2) is 18.3 Å². The number of rotatable bonds is 1. The Hall–Kier alpha value is -2.01. The highest BCUT2D eigenvalue weighted by Crippen LogP contribution is 2.41. The van der Waals surface area contributed by atoms with Gasteiger partial charge in [0.15, 0.2) is 5.65 Å². The van der Waals surface area contributed by atoms with Crippen LogP contribution in [-0.4, -0.2) is 14.6 Å². The standard InChI is InChI=1S/C9H8ClN3.C6H4F2/c10-8-5-7(6-1-2-6)9-11-3-4-13(9)12-8;7-5-1-2-6(8)4-3-5/h3-6H,1-2H2;1-4H. The summed E-state index contributed by atoms with van der Waals surface area (Å²) in [6.45, 7) is 0. The Labute approximate surface area is 125 Å². The zero-order valence-corrected chi connectivity index (χ0v) is 11.8. The van der Waals surface area contributed by atoms with Crippen LogP contribution in [0.3, 0.4) is 0 Å². The van der Waals surface area contributed by atoms with Crippen molar-refractivity contribution in [3.63, 3.8) is 0 Å². The summed E-state index contributed by atoms with van der Waals surface area (Å²) < 4.78 is 25.6. The molecule has 4 rings (SSSR count). The average molecular weight is 308 g/mol. The maximum atomic E-state index is 11.9. The minimum atomic E-state index is -0.411. The van der Waals surface area contributed by atoms with Crippen molar-refractivity contribution in [1.29, 1.82) is 0 Å². The normalized spacial score (nSPS) is 13.9. The van der Waals surface area contributed by atoms with Crippen LogP contribution in [-0.2, 0) is 0 Å². The van der Waals surface area contributed by atoms with E-state index in [4.69, 9.17) is 11.6 Å². The highest BCUT2D eigenvalue weighted by Gasteiger charge is 2.26. The van der Waals surface area contributed by atoms with E-state index in [9.17, 15) is 8.78 Å². The number of benzene rings is 1. The molecule has 0 aliphatic heterocycles. The zero-order valence-electron chi connectivity index (χ0n) is 11.0. The molecule has 1 aliphatic carbocycles. The van der Waals surface area contributed by atoms with Crippen LogP contribution in [0.25, 0.3) is 5.65 Å². The maximum absolute atomic E-state index is 11.9. The van der Waals surface area contributed by atoms with Gasteiger partial charge in [-0.1, -0.05) is 11.6 Å². The van der Waals surface area contributed by atoms with Crippen molar-refractivity contribution in [1.82, 2.24) is 14.6 Å². The number of hydrogen-bond donors (Lipinski definition) is 0. The summed E-state index contributed by atoms with van der Waals surface area (Å²) in [4.78, 5) is 4.26. The molecular formula is C15H12ClF2N3. The molecule has 0 saturated heterocycles. The minimum absolute atomic E-state index is 0.411. The fraction of sp³-hybridized carbons (Fsp3) is 0.200. The van der Waals surface area contributed by atoms with Crippen LogP contribution in [0.4, 0.5) is 8.78 Å². The Kier molecular flexibility index (Phi) is 3.84. The molecule has 0 N–H and O–H groups in total. The maximum Gasteiger partial charge on any atom is 0.157 e. The van der Waals surface area contributed by atoms with Crippen molar-refractivity contribution in [3.05, 3.63) is 65.1 Å². The predicted octanol–water partition coefficient (Wildman–Crippen LogP) is 4.22. The van der Waals surface area contributed by atoms with Gasteiger partial charge >= 0.3 is 0 Å². The second-order valence-electron chi connectivity index (χ2n) is 4.83. The lowest BCUT2D eigenvalue weighted by atomic mass is 10.2. The fourth-order valence-corrected chi connectivity index (χ4v) is 2.23. The van der Waals surface area contributed by atoms with Crippen LogP contribution in [0.2, 0.25) is 5.15 Å². The molecule has 3 nitrogen and oxygen atoms in total. The van der Waals surface area contributed by atoms with Gasteiger partial charge in [-0.05, 0) is 49.1 Å². The Balaban J connectivity index is 0.000000143. The molecule has 1 saturated carbocycles. The summed E-state index contributed by atoms with van der Waals surface area (Å²) >= 11 is 5.89. The molecule has 108 valence electrons. The lowest BCUT2D eigenvalue weighted by molar-refractivity contribution is 0.600. The van der Waals surface area contributed by atoms with E-state index in [0.29, 0.717) is 11.1 Å². The van der Waals surface area contributed by atoms with Crippen molar-refractivity contribution in [3.8, 4) is 0 Å². The van der Waals surface area contributed by atoms with E-state index in [2.05, 4.69) is 10.1 Å². The summed E-state index contributed by atoms with van der Waals surface area (Å²) in [5, 5.41) is 4.67. The first-order valence-corrected chi connectivity index (χ1v) is 6.92. The van der Waals surface area contributed by atoms with Crippen LogP contribution < -0.4 is 0 Å². The highest BCUT2D eigenvalue weighted by molar-refractivity contribution is 6.29. The second-order valence-corrected chi connectivity index (χ2v) is 5.22. The highest BCUT2D eigenvalue weighted by atomic mass is 35.5. The van der Waals surface area contributed by atoms with E-state index in [1.54, 1.807) is 10.7 Å². The molecule has 1 aromatic carbocycles. The van der Waals surface area contributed by atoms with Gasteiger partial charge in [-0.2, -0.15) is 5.10 Å². The van der Waals surface area contributed by atoms with Crippen LogP contribution >= 0.6 is 11.6 Å². The molecule has 1 fully saturated rings. The molecule has 2 heterocycles. The quantitative estimate of drug-likeness (QED) is 0.673. The van der Waals surface area contributed by atoms with Crippen molar-refractivity contribution in [2.45, 2.75) is 18.8 Å². The van der Waals surface area contributed by atoms with E-state index < -0.39 is 11.6 Å². The van der Waals surface area contributed by atoms with Crippen LogP contribution in [0.5, 0.6) is 0 Å². The number of aromatic nitrogens is 3. The Bertz CT molecular complexity index is 730. The monoisotopic (exact) mass is 307 g/mol. The Morgan fingerprint density at radius 2 is 1.71 bits per heavy atom. The van der Waals surface area contributed by atoms with Crippen molar-refractivity contribution in [2.24, 2.45) is 0 Å². The third-order valence-corrected chi connectivity index (χ3v) is 3.36. The average Bonchev–Trinajstić information content (AvgIpc) is 3.20. The van der Waals surface area contributed by atoms with Crippen LogP contribution in [0.15, 0.2) is 42.7 Å². The van der Waals surface area contributed by atoms with E-state index in [1.807, 2.05) is 12.3 Å². The lowest BCUT2D eigenvalue weighted by Gasteiger charge is -2.00. The summed E-state index contributed by atoms with van der Waals surface area (Å²) in [5.41, 5.74) is 2.19. The van der Waals surface area contributed by atoms with Gasteiger partial charge in [0.05, 0.1) is 0 Å². The molecule has 1 aliphatic rings. The second kappa shape index (κ2) is 5.77. The molecular weight excluding hydrogens is 296 g/mol. The number of fused-ring (bicyclic) bond motifs is 1. The Morgan fingerprint density at radius 3 is 2.29 bits per heavy atom. The molecule has 6 heteroatoms. The molecule has 0 unspecified atom stereocenters. The van der Waals surface area contributed by atoms with Gasteiger partial charge in [-0.3, -0.25) is 0 Å².